The van der Waals surface area contributed by atoms with Crippen LogP contribution in [0.5, 0.6) is 0 Å². The fourth-order valence-electron chi connectivity index (χ4n) is 3.81. The molecule has 1 aromatic rings. The SMILES string of the molecule is Cl.O[C@@H]1CCCC[C@H]1N1CCC(c2ccccc2)CC1. The van der Waals surface area contributed by atoms with Crippen LogP contribution >= 0.6 is 12.4 Å². The molecule has 3 heteroatoms. The highest BCUT2D eigenvalue weighted by Crippen LogP contribution is 2.31. The average molecular weight is 296 g/mol. The molecule has 1 aliphatic carbocycles. The van der Waals surface area contributed by atoms with Gasteiger partial charge in [0.2, 0.25) is 0 Å². The first-order valence-electron chi connectivity index (χ1n) is 7.81. The minimum absolute atomic E-state index is 0. The van der Waals surface area contributed by atoms with E-state index >= 15 is 0 Å². The summed E-state index contributed by atoms with van der Waals surface area (Å²) < 4.78 is 0. The fourth-order valence-corrected chi connectivity index (χ4v) is 3.81. The molecule has 1 aliphatic heterocycles. The van der Waals surface area contributed by atoms with E-state index in [4.69, 9.17) is 0 Å². The van der Waals surface area contributed by atoms with Gasteiger partial charge in [-0.25, -0.2) is 0 Å². The van der Waals surface area contributed by atoms with E-state index < -0.39 is 0 Å². The Morgan fingerprint density at radius 1 is 0.900 bits per heavy atom. The molecule has 2 atom stereocenters. The second-order valence-electron chi connectivity index (χ2n) is 6.14. The first kappa shape index (κ1) is 15.8. The number of aliphatic hydroxyl groups is 1. The van der Waals surface area contributed by atoms with E-state index in [9.17, 15) is 5.11 Å². The van der Waals surface area contributed by atoms with Crippen molar-refractivity contribution in [3.05, 3.63) is 35.9 Å². The molecule has 1 aromatic carbocycles. The third-order valence-electron chi connectivity index (χ3n) is 4.96. The van der Waals surface area contributed by atoms with Gasteiger partial charge in [-0.2, -0.15) is 0 Å². The van der Waals surface area contributed by atoms with Crippen molar-refractivity contribution >= 4 is 12.4 Å². The number of hydrogen-bond acceptors (Lipinski definition) is 2. The monoisotopic (exact) mass is 295 g/mol. The third-order valence-corrected chi connectivity index (χ3v) is 4.96. The van der Waals surface area contributed by atoms with Crippen molar-refractivity contribution in [2.45, 2.75) is 56.6 Å². The van der Waals surface area contributed by atoms with Crippen LogP contribution in [0.3, 0.4) is 0 Å². The topological polar surface area (TPSA) is 23.5 Å². The lowest BCUT2D eigenvalue weighted by Crippen LogP contribution is -2.48. The second-order valence-corrected chi connectivity index (χ2v) is 6.14. The number of halogens is 1. The van der Waals surface area contributed by atoms with Gasteiger partial charge in [-0.3, -0.25) is 4.90 Å². The molecular formula is C17H26ClNO. The smallest absolute Gasteiger partial charge is 0.0695 e. The average Bonchev–Trinajstić information content (AvgIpc) is 2.49. The van der Waals surface area contributed by atoms with Crippen LogP contribution in [-0.4, -0.2) is 35.2 Å². The van der Waals surface area contributed by atoms with Crippen LogP contribution in [0.1, 0.15) is 50.0 Å². The van der Waals surface area contributed by atoms with Gasteiger partial charge in [-0.05, 0) is 50.3 Å². The maximum Gasteiger partial charge on any atom is 0.0695 e. The third kappa shape index (κ3) is 3.55. The Morgan fingerprint density at radius 3 is 2.20 bits per heavy atom. The lowest BCUT2D eigenvalue weighted by molar-refractivity contribution is 0.00871. The summed E-state index contributed by atoms with van der Waals surface area (Å²) in [5, 5.41) is 10.2. The van der Waals surface area contributed by atoms with Gasteiger partial charge in [0.25, 0.3) is 0 Å². The quantitative estimate of drug-likeness (QED) is 0.901. The van der Waals surface area contributed by atoms with Crippen LogP contribution in [0.15, 0.2) is 30.3 Å². The van der Waals surface area contributed by atoms with Crippen LogP contribution < -0.4 is 0 Å². The molecule has 1 heterocycles. The molecule has 1 saturated carbocycles. The van der Waals surface area contributed by atoms with Crippen molar-refractivity contribution in [3.63, 3.8) is 0 Å². The Labute approximate surface area is 128 Å². The molecule has 2 fully saturated rings. The van der Waals surface area contributed by atoms with Crippen LogP contribution in [0.2, 0.25) is 0 Å². The maximum atomic E-state index is 10.2. The van der Waals surface area contributed by atoms with Gasteiger partial charge < -0.3 is 5.11 Å². The Bertz CT molecular complexity index is 389. The normalized spacial score (nSPS) is 28.9. The molecular weight excluding hydrogens is 270 g/mol. The molecule has 112 valence electrons. The zero-order chi connectivity index (χ0) is 13.1. The molecule has 0 bridgehead atoms. The summed E-state index contributed by atoms with van der Waals surface area (Å²) in [5.74, 6) is 0.721. The van der Waals surface area contributed by atoms with E-state index in [0.29, 0.717) is 6.04 Å². The van der Waals surface area contributed by atoms with E-state index in [1.165, 1.54) is 37.7 Å². The number of nitrogens with zero attached hydrogens (tertiary/aromatic N) is 1. The fraction of sp³-hybridized carbons (Fsp3) is 0.647. The molecule has 0 unspecified atom stereocenters. The van der Waals surface area contributed by atoms with Gasteiger partial charge >= 0.3 is 0 Å². The standard InChI is InChI=1S/C17H25NO.ClH/c19-17-9-5-4-8-16(17)18-12-10-15(11-13-18)14-6-2-1-3-7-14;/h1-3,6-7,15-17,19H,4-5,8-13H2;1H/t16-,17-;/m1./s1. The van der Waals surface area contributed by atoms with Crippen molar-refractivity contribution < 1.29 is 5.11 Å². The van der Waals surface area contributed by atoms with E-state index in [1.807, 2.05) is 0 Å². The maximum absolute atomic E-state index is 10.2. The first-order chi connectivity index (χ1) is 9.34. The number of rotatable bonds is 2. The van der Waals surface area contributed by atoms with Crippen molar-refractivity contribution in [1.82, 2.24) is 4.90 Å². The van der Waals surface area contributed by atoms with Crippen molar-refractivity contribution in [3.8, 4) is 0 Å². The van der Waals surface area contributed by atoms with Gasteiger partial charge in [0.1, 0.15) is 0 Å². The first-order valence-corrected chi connectivity index (χ1v) is 7.81. The summed E-state index contributed by atoms with van der Waals surface area (Å²) in [6, 6.07) is 11.3. The minimum atomic E-state index is -0.0815. The van der Waals surface area contributed by atoms with E-state index in [2.05, 4.69) is 35.2 Å². The zero-order valence-corrected chi connectivity index (χ0v) is 12.9. The molecule has 1 N–H and O–H groups in total. The summed E-state index contributed by atoms with van der Waals surface area (Å²) in [4.78, 5) is 2.54. The second kappa shape index (κ2) is 7.44. The van der Waals surface area contributed by atoms with E-state index in [1.54, 1.807) is 0 Å². The van der Waals surface area contributed by atoms with Gasteiger partial charge in [0, 0.05) is 6.04 Å². The number of likely N-dealkylation sites (tertiary alicyclic amines) is 1. The van der Waals surface area contributed by atoms with Crippen molar-refractivity contribution in [2.75, 3.05) is 13.1 Å². The molecule has 20 heavy (non-hydrogen) atoms. The van der Waals surface area contributed by atoms with Crippen LogP contribution in [0, 0.1) is 0 Å². The summed E-state index contributed by atoms with van der Waals surface area (Å²) in [6.07, 6.45) is 7.10. The Hall–Kier alpha value is -0.570. The Kier molecular flexibility index (Phi) is 5.88. The van der Waals surface area contributed by atoms with E-state index in [0.717, 1.165) is 25.4 Å². The molecule has 3 rings (SSSR count). The number of aliphatic hydroxyl groups excluding tert-OH is 1. The number of benzene rings is 1. The van der Waals surface area contributed by atoms with E-state index in [-0.39, 0.29) is 18.5 Å². The summed E-state index contributed by atoms with van der Waals surface area (Å²) >= 11 is 0. The molecule has 1 saturated heterocycles. The minimum Gasteiger partial charge on any atom is -0.391 e. The molecule has 2 aliphatic rings. The molecule has 0 radical (unpaired) electrons. The van der Waals surface area contributed by atoms with Crippen molar-refractivity contribution in [2.24, 2.45) is 0 Å². The van der Waals surface area contributed by atoms with Crippen LogP contribution in [0.25, 0.3) is 0 Å². The highest BCUT2D eigenvalue weighted by molar-refractivity contribution is 5.85. The summed E-state index contributed by atoms with van der Waals surface area (Å²) in [5.41, 5.74) is 1.49. The number of hydrogen-bond donors (Lipinski definition) is 1. The lowest BCUT2D eigenvalue weighted by Gasteiger charge is -2.41. The van der Waals surface area contributed by atoms with Crippen LogP contribution in [0.4, 0.5) is 0 Å². The van der Waals surface area contributed by atoms with Gasteiger partial charge in [-0.15, -0.1) is 12.4 Å². The largest absolute Gasteiger partial charge is 0.391 e. The molecule has 0 spiro atoms. The Balaban J connectivity index is 0.00000147. The van der Waals surface area contributed by atoms with Crippen LogP contribution in [-0.2, 0) is 0 Å². The van der Waals surface area contributed by atoms with Gasteiger partial charge in [0.15, 0.2) is 0 Å². The van der Waals surface area contributed by atoms with Gasteiger partial charge in [-0.1, -0.05) is 43.2 Å². The molecule has 0 aromatic heterocycles. The summed E-state index contributed by atoms with van der Waals surface area (Å²) in [7, 11) is 0. The number of piperidine rings is 1. The van der Waals surface area contributed by atoms with Crippen molar-refractivity contribution in [1.29, 1.82) is 0 Å². The predicted octanol–water partition coefficient (Wildman–Crippen LogP) is 3.59. The molecule has 0 amide bonds. The highest BCUT2D eigenvalue weighted by Gasteiger charge is 2.31. The predicted molar refractivity (Wildman–Crippen MR) is 85.5 cm³/mol. The Morgan fingerprint density at radius 2 is 1.55 bits per heavy atom. The highest BCUT2D eigenvalue weighted by atomic mass is 35.5. The van der Waals surface area contributed by atoms with Gasteiger partial charge in [0.05, 0.1) is 6.10 Å². The lowest BCUT2D eigenvalue weighted by atomic mass is 9.86. The summed E-state index contributed by atoms with van der Waals surface area (Å²) in [6.45, 7) is 2.31. The molecule has 2 nitrogen and oxygen atoms in total. The zero-order valence-electron chi connectivity index (χ0n) is 12.1.